The summed E-state index contributed by atoms with van der Waals surface area (Å²) in [6.45, 7) is 11.3. The zero-order chi connectivity index (χ0) is 31.8. The van der Waals surface area contributed by atoms with Gasteiger partial charge in [-0.1, -0.05) is 67.6 Å². The van der Waals surface area contributed by atoms with E-state index in [1.807, 2.05) is 75.4 Å². The van der Waals surface area contributed by atoms with Crippen molar-refractivity contribution in [3.05, 3.63) is 94.7 Å². The fraction of sp³-hybridized carbons (Fsp3) is 0.343. The minimum atomic E-state index is -0.571. The highest BCUT2D eigenvalue weighted by Gasteiger charge is 2.35. The van der Waals surface area contributed by atoms with Crippen molar-refractivity contribution in [1.82, 2.24) is 14.8 Å². The molecule has 2 N–H and O–H groups in total. The number of aromatic nitrogens is 3. The number of thioether (sulfide) groups is 1. The maximum absolute atomic E-state index is 14.1. The zero-order valence-corrected chi connectivity index (χ0v) is 27.4. The molecule has 9 nitrogen and oxygen atoms in total. The summed E-state index contributed by atoms with van der Waals surface area (Å²) < 4.78 is 19.9. The third kappa shape index (κ3) is 7.45. The molecule has 45 heavy (non-hydrogen) atoms. The van der Waals surface area contributed by atoms with E-state index in [1.165, 1.54) is 0 Å². The Hall–Kier alpha value is -4.44. The number of rotatable bonds is 14. The van der Waals surface area contributed by atoms with Crippen molar-refractivity contribution in [3.8, 4) is 17.2 Å². The van der Waals surface area contributed by atoms with E-state index in [2.05, 4.69) is 36.6 Å². The van der Waals surface area contributed by atoms with Crippen molar-refractivity contribution in [2.45, 2.75) is 65.3 Å². The van der Waals surface area contributed by atoms with E-state index in [4.69, 9.17) is 24.3 Å². The number of aryl methyl sites for hydroxylation is 1. The summed E-state index contributed by atoms with van der Waals surface area (Å²) in [6.07, 6.45) is 2.16. The first-order valence-corrected chi connectivity index (χ1v) is 16.5. The molecule has 236 valence electrons. The van der Waals surface area contributed by atoms with Gasteiger partial charge in [0.05, 0.1) is 24.5 Å². The van der Waals surface area contributed by atoms with E-state index >= 15 is 0 Å². The maximum atomic E-state index is 14.1. The van der Waals surface area contributed by atoms with Crippen molar-refractivity contribution >= 4 is 29.3 Å². The van der Waals surface area contributed by atoms with Crippen LogP contribution in [0.4, 0.5) is 11.6 Å². The molecule has 1 atom stereocenters. The highest BCUT2D eigenvalue weighted by Crippen LogP contribution is 2.40. The molecular weight excluding hydrogens is 586 g/mol. The minimum absolute atomic E-state index is 0.267. The van der Waals surface area contributed by atoms with Gasteiger partial charge >= 0.3 is 0 Å². The Morgan fingerprint density at radius 1 is 0.933 bits per heavy atom. The van der Waals surface area contributed by atoms with Gasteiger partial charge in [-0.2, -0.15) is 4.98 Å². The Bertz CT molecular complexity index is 1670. The number of carbonyl (C=O) groups excluding carboxylic acids is 1. The molecule has 0 saturated carbocycles. The largest absolute Gasteiger partial charge is 0.492 e. The molecule has 0 bridgehead atoms. The van der Waals surface area contributed by atoms with E-state index in [1.54, 1.807) is 16.4 Å². The van der Waals surface area contributed by atoms with Crippen molar-refractivity contribution in [2.75, 3.05) is 29.6 Å². The number of hydrogen-bond donors (Lipinski definition) is 2. The number of allylic oxidation sites excluding steroid dienone is 1. The number of hydrogen-bond acceptors (Lipinski definition) is 8. The quantitative estimate of drug-likeness (QED) is 0.108. The van der Waals surface area contributed by atoms with E-state index in [0.717, 1.165) is 35.3 Å². The summed E-state index contributed by atoms with van der Waals surface area (Å²) in [5, 5.41) is 12.0. The fourth-order valence-corrected chi connectivity index (χ4v) is 6.07. The fourth-order valence-electron chi connectivity index (χ4n) is 5.15. The molecule has 0 saturated heterocycles. The number of nitrogens with one attached hydrogen (secondary N) is 2. The highest BCUT2D eigenvalue weighted by atomic mass is 32.2. The van der Waals surface area contributed by atoms with E-state index in [0.29, 0.717) is 65.1 Å². The van der Waals surface area contributed by atoms with Crippen LogP contribution in [0.3, 0.4) is 0 Å². The van der Waals surface area contributed by atoms with Crippen molar-refractivity contribution < 1.29 is 19.0 Å². The molecule has 1 aliphatic heterocycles. The van der Waals surface area contributed by atoms with Crippen LogP contribution in [0.15, 0.2) is 83.2 Å². The van der Waals surface area contributed by atoms with E-state index < -0.39 is 6.04 Å². The van der Waals surface area contributed by atoms with E-state index in [-0.39, 0.29) is 5.91 Å². The molecule has 5 rings (SSSR count). The van der Waals surface area contributed by atoms with Crippen LogP contribution < -0.4 is 24.8 Å². The summed E-state index contributed by atoms with van der Waals surface area (Å²) >= 11 is 1.61. The second-order valence-electron chi connectivity index (χ2n) is 10.7. The molecule has 4 aromatic rings. The molecule has 0 aliphatic carbocycles. The summed E-state index contributed by atoms with van der Waals surface area (Å²) in [7, 11) is 0. The SMILES string of the molecule is CCCCSc1nc2n(n1)C(c1ccc(OCc3ccccc3C)c(OCC)c1)C(C(=O)Nc1ccccc1OCC)=C(C)N2. The van der Waals surface area contributed by atoms with Crippen LogP contribution in [-0.2, 0) is 11.4 Å². The van der Waals surface area contributed by atoms with Crippen LogP contribution in [0.25, 0.3) is 0 Å². The molecule has 1 aliphatic rings. The van der Waals surface area contributed by atoms with Crippen LogP contribution in [0.1, 0.15) is 63.3 Å². The number of nitrogens with zero attached hydrogens (tertiary/aromatic N) is 3. The lowest BCUT2D eigenvalue weighted by Gasteiger charge is -2.29. The van der Waals surface area contributed by atoms with Crippen molar-refractivity contribution in [3.63, 3.8) is 0 Å². The summed E-state index contributed by atoms with van der Waals surface area (Å²) in [4.78, 5) is 18.9. The van der Waals surface area contributed by atoms with Gasteiger partial charge in [0.1, 0.15) is 18.4 Å². The number of para-hydroxylation sites is 2. The molecular formula is C35H41N5O4S. The first-order chi connectivity index (χ1) is 21.9. The number of benzene rings is 3. The molecule has 0 spiro atoms. The van der Waals surface area contributed by atoms with Crippen LogP contribution in [0.2, 0.25) is 0 Å². The predicted molar refractivity (Wildman–Crippen MR) is 179 cm³/mol. The first kappa shape index (κ1) is 32.0. The molecule has 1 aromatic heterocycles. The lowest BCUT2D eigenvalue weighted by atomic mass is 9.94. The zero-order valence-electron chi connectivity index (χ0n) is 26.6. The van der Waals surface area contributed by atoms with Gasteiger partial charge in [0, 0.05) is 11.4 Å². The Morgan fingerprint density at radius 2 is 1.69 bits per heavy atom. The lowest BCUT2D eigenvalue weighted by Crippen LogP contribution is -2.31. The third-order valence-corrected chi connectivity index (χ3v) is 8.39. The molecule has 3 aromatic carbocycles. The molecule has 1 unspecified atom stereocenters. The maximum Gasteiger partial charge on any atom is 0.255 e. The Morgan fingerprint density at radius 3 is 2.47 bits per heavy atom. The smallest absolute Gasteiger partial charge is 0.255 e. The summed E-state index contributed by atoms with van der Waals surface area (Å²) in [5.74, 6) is 3.07. The number of fused-ring (bicyclic) bond motifs is 1. The normalized spacial score (nSPS) is 14.0. The average Bonchev–Trinajstić information content (AvgIpc) is 3.44. The lowest BCUT2D eigenvalue weighted by molar-refractivity contribution is -0.113. The number of anilines is 2. The van der Waals surface area contributed by atoms with Gasteiger partial charge < -0.3 is 24.8 Å². The second-order valence-corrected chi connectivity index (χ2v) is 11.7. The van der Waals surface area contributed by atoms with Gasteiger partial charge in [-0.05, 0) is 75.1 Å². The van der Waals surface area contributed by atoms with Crippen LogP contribution >= 0.6 is 11.8 Å². The molecule has 0 fully saturated rings. The monoisotopic (exact) mass is 627 g/mol. The third-order valence-electron chi connectivity index (χ3n) is 7.47. The molecule has 0 radical (unpaired) electrons. The summed E-state index contributed by atoms with van der Waals surface area (Å²) in [5.41, 5.74) is 4.89. The van der Waals surface area contributed by atoms with Gasteiger partial charge in [-0.3, -0.25) is 4.79 Å². The topological polar surface area (TPSA) is 99.5 Å². The van der Waals surface area contributed by atoms with Gasteiger partial charge in [-0.25, -0.2) is 4.68 Å². The Labute approximate surface area is 269 Å². The average molecular weight is 628 g/mol. The minimum Gasteiger partial charge on any atom is -0.492 e. The number of ether oxygens (including phenoxy) is 3. The number of carbonyl (C=O) groups is 1. The Kier molecular flexibility index (Phi) is 10.7. The van der Waals surface area contributed by atoms with Crippen LogP contribution in [0, 0.1) is 6.92 Å². The van der Waals surface area contributed by atoms with Gasteiger partial charge in [0.25, 0.3) is 5.91 Å². The van der Waals surface area contributed by atoms with Gasteiger partial charge in [0.15, 0.2) is 11.5 Å². The molecule has 1 amide bonds. The van der Waals surface area contributed by atoms with Crippen LogP contribution in [-0.4, -0.2) is 39.6 Å². The Balaban J connectivity index is 1.53. The molecule has 10 heteroatoms. The first-order valence-electron chi connectivity index (χ1n) is 15.5. The van der Waals surface area contributed by atoms with Crippen molar-refractivity contribution in [2.24, 2.45) is 0 Å². The highest BCUT2D eigenvalue weighted by molar-refractivity contribution is 7.99. The van der Waals surface area contributed by atoms with Gasteiger partial charge in [-0.15, -0.1) is 5.10 Å². The molecule has 2 heterocycles. The van der Waals surface area contributed by atoms with E-state index in [9.17, 15) is 4.79 Å². The number of unbranched alkanes of at least 4 members (excludes halogenated alkanes) is 1. The number of amides is 1. The van der Waals surface area contributed by atoms with Gasteiger partial charge in [0.2, 0.25) is 11.1 Å². The van der Waals surface area contributed by atoms with Crippen LogP contribution in [0.5, 0.6) is 17.2 Å². The summed E-state index contributed by atoms with van der Waals surface area (Å²) in [6, 6.07) is 20.8. The standard InChI is InChI=1S/C35H41N5O4S/c1-6-9-20-45-35-38-34-36-24(5)31(33(41)37-27-16-12-13-17-28(27)42-7-2)32(40(34)39-35)25-18-19-29(30(21-25)43-8-3)44-22-26-15-11-10-14-23(26)4/h10-19,21,32H,6-9,20,22H2,1-5H3,(H,37,41)(H,36,38,39). The van der Waals surface area contributed by atoms with Crippen molar-refractivity contribution in [1.29, 1.82) is 0 Å². The predicted octanol–water partition coefficient (Wildman–Crippen LogP) is 7.78. The second kappa shape index (κ2) is 15.0.